The lowest BCUT2D eigenvalue weighted by Gasteiger charge is -2.26. The van der Waals surface area contributed by atoms with E-state index in [1.165, 1.54) is 0 Å². The van der Waals surface area contributed by atoms with Crippen molar-refractivity contribution in [2.24, 2.45) is 11.8 Å². The van der Waals surface area contributed by atoms with Crippen LogP contribution in [0.2, 0.25) is 0 Å². The van der Waals surface area contributed by atoms with Gasteiger partial charge in [-0.2, -0.15) is 0 Å². The molecule has 0 aromatic heterocycles. The third-order valence-electron chi connectivity index (χ3n) is 2.31. The molecule has 2 atom stereocenters. The molecule has 2 unspecified atom stereocenters. The fourth-order valence-electron chi connectivity index (χ4n) is 1.21. The minimum absolute atomic E-state index is 0.107. The summed E-state index contributed by atoms with van der Waals surface area (Å²) >= 11 is 0. The highest BCUT2D eigenvalue weighted by atomic mass is 16.5. The van der Waals surface area contributed by atoms with E-state index in [-0.39, 0.29) is 11.8 Å². The second-order valence-electron chi connectivity index (χ2n) is 3.65. The molecule has 0 spiro atoms. The van der Waals surface area contributed by atoms with E-state index in [0.717, 1.165) is 0 Å². The van der Waals surface area contributed by atoms with Gasteiger partial charge in [-0.1, -0.05) is 6.92 Å². The topological polar surface area (TPSA) is 67.6 Å². The highest BCUT2D eigenvalue weighted by molar-refractivity contribution is 5.77. The summed E-state index contributed by atoms with van der Waals surface area (Å²) in [6.07, 6.45) is 0. The first kappa shape index (κ1) is 13.4. The van der Waals surface area contributed by atoms with Crippen molar-refractivity contribution < 1.29 is 9.53 Å². The Morgan fingerprint density at radius 1 is 1.57 bits per heavy atom. The molecular formula is C9H21N3O2. The number of methoxy groups -OCH3 is 1. The zero-order valence-corrected chi connectivity index (χ0v) is 9.41. The molecule has 3 N–H and O–H groups in total. The number of likely N-dealkylation sites (N-methyl/N-ethyl adjacent to an activating group) is 1. The summed E-state index contributed by atoms with van der Waals surface area (Å²) in [4.78, 5) is 13.2. The Morgan fingerprint density at radius 2 is 2.14 bits per heavy atom. The molecule has 0 aliphatic carbocycles. The molecule has 5 nitrogen and oxygen atoms in total. The van der Waals surface area contributed by atoms with Gasteiger partial charge in [0.25, 0.3) is 0 Å². The van der Waals surface area contributed by atoms with Crippen LogP contribution in [0.5, 0.6) is 0 Å². The van der Waals surface area contributed by atoms with E-state index in [4.69, 9.17) is 10.6 Å². The van der Waals surface area contributed by atoms with Crippen molar-refractivity contribution in [2.75, 3.05) is 27.3 Å². The lowest BCUT2D eigenvalue weighted by Crippen LogP contribution is -2.42. The first-order valence-corrected chi connectivity index (χ1v) is 4.72. The second-order valence-corrected chi connectivity index (χ2v) is 3.65. The van der Waals surface area contributed by atoms with Crippen molar-refractivity contribution in [2.45, 2.75) is 19.9 Å². The van der Waals surface area contributed by atoms with Gasteiger partial charge in [0.15, 0.2) is 0 Å². The summed E-state index contributed by atoms with van der Waals surface area (Å²) in [6, 6.07) is 0.299. The third-order valence-corrected chi connectivity index (χ3v) is 2.31. The summed E-state index contributed by atoms with van der Waals surface area (Å²) in [5.74, 6) is 4.80. The Labute approximate surface area is 85.6 Å². The third kappa shape index (κ3) is 4.55. The first-order chi connectivity index (χ1) is 6.52. The smallest absolute Gasteiger partial charge is 0.237 e. The molecule has 0 saturated carbocycles. The average molecular weight is 203 g/mol. The molecule has 84 valence electrons. The predicted octanol–water partition coefficient (Wildman–Crippen LogP) is -0.421. The maximum Gasteiger partial charge on any atom is 0.237 e. The molecule has 0 aromatic rings. The maximum absolute atomic E-state index is 11.1. The molecule has 1 amide bonds. The zero-order chi connectivity index (χ0) is 11.1. The predicted molar refractivity (Wildman–Crippen MR) is 55.5 cm³/mol. The number of ether oxygens (including phenoxy) is 1. The number of nitrogens with zero attached hydrogens (tertiary/aromatic N) is 1. The number of nitrogens with two attached hydrogens (primary N) is 1. The molecule has 0 rings (SSSR count). The van der Waals surface area contributed by atoms with Crippen LogP contribution in [-0.2, 0) is 9.53 Å². The average Bonchev–Trinajstić information content (AvgIpc) is 2.16. The van der Waals surface area contributed by atoms with E-state index < -0.39 is 0 Å². The van der Waals surface area contributed by atoms with E-state index in [0.29, 0.717) is 19.2 Å². The van der Waals surface area contributed by atoms with Gasteiger partial charge in [-0.05, 0) is 14.0 Å². The zero-order valence-electron chi connectivity index (χ0n) is 9.41. The fraction of sp³-hybridized carbons (Fsp3) is 0.889. The van der Waals surface area contributed by atoms with E-state index in [1.54, 1.807) is 7.11 Å². The molecule has 5 heteroatoms. The first-order valence-electron chi connectivity index (χ1n) is 4.72. The number of hydrogen-bond donors (Lipinski definition) is 2. The van der Waals surface area contributed by atoms with Gasteiger partial charge in [-0.25, -0.2) is 5.84 Å². The van der Waals surface area contributed by atoms with E-state index in [9.17, 15) is 4.79 Å². The van der Waals surface area contributed by atoms with Crippen molar-refractivity contribution in [1.82, 2.24) is 10.3 Å². The van der Waals surface area contributed by atoms with Gasteiger partial charge in [0.05, 0.1) is 6.61 Å². The number of amides is 1. The highest BCUT2D eigenvalue weighted by Gasteiger charge is 2.16. The number of hydrogen-bond acceptors (Lipinski definition) is 4. The fourth-order valence-corrected chi connectivity index (χ4v) is 1.21. The van der Waals surface area contributed by atoms with Crippen molar-refractivity contribution in [3.63, 3.8) is 0 Å². The Balaban J connectivity index is 3.91. The normalized spacial score (nSPS) is 15.3. The Morgan fingerprint density at radius 3 is 2.57 bits per heavy atom. The molecular weight excluding hydrogens is 182 g/mol. The minimum atomic E-state index is -0.138. The number of carbonyl (C=O) groups excluding carboxylic acids is 1. The van der Waals surface area contributed by atoms with Crippen LogP contribution < -0.4 is 11.3 Å². The molecule has 0 heterocycles. The van der Waals surface area contributed by atoms with Crippen molar-refractivity contribution in [3.05, 3.63) is 0 Å². The molecule has 0 aromatic carbocycles. The lowest BCUT2D eigenvalue weighted by atomic mass is 10.1. The molecule has 0 aliphatic rings. The summed E-state index contributed by atoms with van der Waals surface area (Å²) in [7, 11) is 3.63. The Hall–Kier alpha value is -0.650. The number of nitrogens with one attached hydrogen (secondary N) is 1. The van der Waals surface area contributed by atoms with E-state index in [1.807, 2.05) is 14.0 Å². The summed E-state index contributed by atoms with van der Waals surface area (Å²) in [5, 5.41) is 0. The van der Waals surface area contributed by atoms with Gasteiger partial charge in [0, 0.05) is 25.6 Å². The van der Waals surface area contributed by atoms with Gasteiger partial charge >= 0.3 is 0 Å². The van der Waals surface area contributed by atoms with Crippen LogP contribution in [-0.4, -0.2) is 44.2 Å². The van der Waals surface area contributed by atoms with Crippen LogP contribution in [0.4, 0.5) is 0 Å². The van der Waals surface area contributed by atoms with Gasteiger partial charge < -0.3 is 9.64 Å². The number of carbonyl (C=O) groups is 1. The van der Waals surface area contributed by atoms with Gasteiger partial charge in [-0.15, -0.1) is 0 Å². The van der Waals surface area contributed by atoms with Crippen LogP contribution in [0.1, 0.15) is 13.8 Å². The lowest BCUT2D eigenvalue weighted by molar-refractivity contribution is -0.125. The summed E-state index contributed by atoms with van der Waals surface area (Å²) in [6.45, 7) is 5.23. The molecule has 0 bridgehead atoms. The van der Waals surface area contributed by atoms with E-state index in [2.05, 4.69) is 17.2 Å². The number of hydrazine groups is 1. The molecule has 0 saturated heterocycles. The standard InChI is InChI=1S/C9H21N3O2/c1-7(9(13)11-10)5-12(3)8(2)6-14-4/h7-8H,5-6,10H2,1-4H3,(H,11,13). The van der Waals surface area contributed by atoms with Gasteiger partial charge in [0.1, 0.15) is 0 Å². The Bertz CT molecular complexity index is 175. The summed E-state index contributed by atoms with van der Waals surface area (Å²) < 4.78 is 5.03. The quantitative estimate of drug-likeness (QED) is 0.349. The van der Waals surface area contributed by atoms with Crippen LogP contribution in [0.3, 0.4) is 0 Å². The van der Waals surface area contributed by atoms with Crippen LogP contribution in [0.25, 0.3) is 0 Å². The SMILES string of the molecule is COCC(C)N(C)CC(C)C(=O)NN. The van der Waals surface area contributed by atoms with Crippen LogP contribution in [0.15, 0.2) is 0 Å². The van der Waals surface area contributed by atoms with Gasteiger partial charge in [-0.3, -0.25) is 10.2 Å². The number of rotatable bonds is 6. The van der Waals surface area contributed by atoms with Crippen molar-refractivity contribution >= 4 is 5.91 Å². The Kier molecular flexibility index (Phi) is 6.44. The monoisotopic (exact) mass is 203 g/mol. The molecule has 0 fully saturated rings. The summed E-state index contributed by atoms with van der Waals surface area (Å²) in [5.41, 5.74) is 2.14. The van der Waals surface area contributed by atoms with Crippen LogP contribution >= 0.6 is 0 Å². The molecule has 0 radical (unpaired) electrons. The highest BCUT2D eigenvalue weighted by Crippen LogP contribution is 2.02. The largest absolute Gasteiger partial charge is 0.383 e. The molecule has 14 heavy (non-hydrogen) atoms. The van der Waals surface area contributed by atoms with Crippen molar-refractivity contribution in [1.29, 1.82) is 0 Å². The van der Waals surface area contributed by atoms with Crippen LogP contribution in [0, 0.1) is 5.92 Å². The molecule has 0 aliphatic heterocycles. The second kappa shape index (κ2) is 6.75. The van der Waals surface area contributed by atoms with E-state index >= 15 is 0 Å². The van der Waals surface area contributed by atoms with Crippen molar-refractivity contribution in [3.8, 4) is 0 Å². The van der Waals surface area contributed by atoms with Gasteiger partial charge in [0.2, 0.25) is 5.91 Å². The minimum Gasteiger partial charge on any atom is -0.383 e. The maximum atomic E-state index is 11.1.